The minimum atomic E-state index is 0.0659. The topological polar surface area (TPSA) is 53.4 Å². The highest BCUT2D eigenvalue weighted by Gasteiger charge is 2.36. The van der Waals surface area contributed by atoms with E-state index in [9.17, 15) is 4.79 Å². The Labute approximate surface area is 94.9 Å². The number of aliphatic hydroxyl groups excluding tert-OH is 1. The highest BCUT2D eigenvalue weighted by atomic mass is 16.3. The SMILES string of the molecule is CC1C(CO)CC(=O)N1Cc1ccccn1. The molecule has 0 radical (unpaired) electrons. The highest BCUT2D eigenvalue weighted by Crippen LogP contribution is 2.26. The molecule has 0 aromatic carbocycles. The smallest absolute Gasteiger partial charge is 0.223 e. The zero-order valence-corrected chi connectivity index (χ0v) is 9.34. The molecule has 16 heavy (non-hydrogen) atoms. The fraction of sp³-hybridized carbons (Fsp3) is 0.500. The Bertz CT molecular complexity index is 367. The van der Waals surface area contributed by atoms with E-state index in [0.717, 1.165) is 5.69 Å². The van der Waals surface area contributed by atoms with Gasteiger partial charge >= 0.3 is 0 Å². The average Bonchev–Trinajstić information content (AvgIpc) is 2.58. The summed E-state index contributed by atoms with van der Waals surface area (Å²) < 4.78 is 0. The first kappa shape index (κ1) is 11.1. The predicted molar refractivity (Wildman–Crippen MR) is 59.4 cm³/mol. The van der Waals surface area contributed by atoms with Crippen LogP contribution in [-0.4, -0.2) is 33.5 Å². The zero-order valence-electron chi connectivity index (χ0n) is 9.34. The number of likely N-dealkylation sites (tertiary alicyclic amines) is 1. The van der Waals surface area contributed by atoms with Crippen LogP contribution in [0.3, 0.4) is 0 Å². The van der Waals surface area contributed by atoms with Gasteiger partial charge in [-0.05, 0) is 19.1 Å². The largest absolute Gasteiger partial charge is 0.396 e. The van der Waals surface area contributed by atoms with Gasteiger partial charge in [-0.1, -0.05) is 6.07 Å². The molecule has 2 atom stereocenters. The fourth-order valence-corrected chi connectivity index (χ4v) is 2.11. The number of hydrogen-bond donors (Lipinski definition) is 1. The van der Waals surface area contributed by atoms with Crippen LogP contribution in [0.5, 0.6) is 0 Å². The Morgan fingerprint density at radius 2 is 2.38 bits per heavy atom. The first-order chi connectivity index (χ1) is 7.72. The summed E-state index contributed by atoms with van der Waals surface area (Å²) in [5.41, 5.74) is 0.890. The third-order valence-electron chi connectivity index (χ3n) is 3.22. The van der Waals surface area contributed by atoms with E-state index in [-0.39, 0.29) is 24.5 Å². The van der Waals surface area contributed by atoms with Crippen molar-refractivity contribution in [3.05, 3.63) is 30.1 Å². The van der Waals surface area contributed by atoms with Crippen LogP contribution in [0, 0.1) is 5.92 Å². The van der Waals surface area contributed by atoms with Crippen LogP contribution >= 0.6 is 0 Å². The van der Waals surface area contributed by atoms with Crippen LogP contribution in [0.2, 0.25) is 0 Å². The van der Waals surface area contributed by atoms with Crippen molar-refractivity contribution in [3.63, 3.8) is 0 Å². The van der Waals surface area contributed by atoms with Crippen molar-refractivity contribution in [1.29, 1.82) is 0 Å². The molecular weight excluding hydrogens is 204 g/mol. The minimum Gasteiger partial charge on any atom is -0.396 e. The van der Waals surface area contributed by atoms with Crippen molar-refractivity contribution in [2.75, 3.05) is 6.61 Å². The van der Waals surface area contributed by atoms with Crippen LogP contribution < -0.4 is 0 Å². The molecule has 2 rings (SSSR count). The van der Waals surface area contributed by atoms with Gasteiger partial charge in [0.1, 0.15) is 0 Å². The van der Waals surface area contributed by atoms with E-state index in [2.05, 4.69) is 4.98 Å². The number of rotatable bonds is 3. The Morgan fingerprint density at radius 1 is 1.56 bits per heavy atom. The third kappa shape index (κ3) is 2.07. The lowest BCUT2D eigenvalue weighted by atomic mass is 10.0. The highest BCUT2D eigenvalue weighted by molar-refractivity contribution is 5.79. The number of amides is 1. The van der Waals surface area contributed by atoms with Crippen molar-refractivity contribution >= 4 is 5.91 Å². The number of aliphatic hydroxyl groups is 1. The molecule has 1 amide bonds. The van der Waals surface area contributed by atoms with E-state index in [1.165, 1.54) is 0 Å². The second-order valence-electron chi connectivity index (χ2n) is 4.23. The molecule has 0 bridgehead atoms. The number of carbonyl (C=O) groups excluding carboxylic acids is 1. The van der Waals surface area contributed by atoms with E-state index in [0.29, 0.717) is 13.0 Å². The minimum absolute atomic E-state index is 0.0659. The van der Waals surface area contributed by atoms with Gasteiger partial charge in [0.25, 0.3) is 0 Å². The van der Waals surface area contributed by atoms with E-state index in [1.54, 1.807) is 11.1 Å². The summed E-state index contributed by atoms with van der Waals surface area (Å²) in [7, 11) is 0. The standard InChI is InChI=1S/C12H16N2O2/c1-9-10(8-15)6-12(16)14(9)7-11-4-2-3-5-13-11/h2-5,9-10,15H,6-8H2,1H3. The van der Waals surface area contributed by atoms with Crippen LogP contribution in [0.4, 0.5) is 0 Å². The van der Waals surface area contributed by atoms with Gasteiger partial charge in [-0.25, -0.2) is 0 Å². The molecule has 1 N–H and O–H groups in total. The average molecular weight is 220 g/mol. The van der Waals surface area contributed by atoms with Gasteiger partial charge in [-0.2, -0.15) is 0 Å². The van der Waals surface area contributed by atoms with Crippen molar-refractivity contribution in [1.82, 2.24) is 9.88 Å². The molecule has 1 fully saturated rings. The van der Waals surface area contributed by atoms with Gasteiger partial charge in [-0.15, -0.1) is 0 Å². The third-order valence-corrected chi connectivity index (χ3v) is 3.22. The van der Waals surface area contributed by atoms with Crippen LogP contribution in [-0.2, 0) is 11.3 Å². The van der Waals surface area contributed by atoms with Crippen molar-refractivity contribution in [2.24, 2.45) is 5.92 Å². The van der Waals surface area contributed by atoms with E-state index < -0.39 is 0 Å². The first-order valence-electron chi connectivity index (χ1n) is 5.52. The Kier molecular flexibility index (Phi) is 3.19. The molecule has 1 aliphatic heterocycles. The second kappa shape index (κ2) is 4.61. The number of aromatic nitrogens is 1. The van der Waals surface area contributed by atoms with Crippen LogP contribution in [0.1, 0.15) is 19.0 Å². The molecule has 1 aromatic heterocycles. The van der Waals surface area contributed by atoms with Crippen molar-refractivity contribution in [3.8, 4) is 0 Å². The fourth-order valence-electron chi connectivity index (χ4n) is 2.11. The summed E-state index contributed by atoms with van der Waals surface area (Å²) in [5, 5.41) is 9.14. The maximum atomic E-state index is 11.7. The molecule has 0 saturated carbocycles. The molecule has 0 aliphatic carbocycles. The van der Waals surface area contributed by atoms with Gasteiger partial charge in [0, 0.05) is 31.2 Å². The summed E-state index contributed by atoms with van der Waals surface area (Å²) in [6.07, 6.45) is 2.18. The Morgan fingerprint density at radius 3 is 2.94 bits per heavy atom. The molecule has 1 aliphatic rings. The van der Waals surface area contributed by atoms with Gasteiger partial charge in [0.15, 0.2) is 0 Å². The van der Waals surface area contributed by atoms with Gasteiger partial charge < -0.3 is 10.0 Å². The van der Waals surface area contributed by atoms with E-state index in [4.69, 9.17) is 5.11 Å². The number of nitrogens with zero attached hydrogens (tertiary/aromatic N) is 2. The Hall–Kier alpha value is -1.42. The lowest BCUT2D eigenvalue weighted by molar-refractivity contribution is -0.129. The van der Waals surface area contributed by atoms with Gasteiger partial charge in [0.2, 0.25) is 5.91 Å². The quantitative estimate of drug-likeness (QED) is 0.820. The van der Waals surface area contributed by atoms with E-state index in [1.807, 2.05) is 25.1 Å². The lowest BCUT2D eigenvalue weighted by Crippen LogP contribution is -2.33. The van der Waals surface area contributed by atoms with Crippen molar-refractivity contribution < 1.29 is 9.90 Å². The zero-order chi connectivity index (χ0) is 11.5. The monoisotopic (exact) mass is 220 g/mol. The van der Waals surface area contributed by atoms with E-state index >= 15 is 0 Å². The molecule has 1 saturated heterocycles. The molecule has 4 nitrogen and oxygen atoms in total. The van der Waals surface area contributed by atoms with Gasteiger partial charge in [-0.3, -0.25) is 9.78 Å². The summed E-state index contributed by atoms with van der Waals surface area (Å²) in [6, 6.07) is 5.78. The second-order valence-corrected chi connectivity index (χ2v) is 4.23. The summed E-state index contributed by atoms with van der Waals surface area (Å²) in [4.78, 5) is 17.7. The summed E-state index contributed by atoms with van der Waals surface area (Å²) in [5.74, 6) is 0.174. The maximum absolute atomic E-state index is 11.7. The van der Waals surface area contributed by atoms with Gasteiger partial charge in [0.05, 0.1) is 12.2 Å². The molecule has 1 aromatic rings. The maximum Gasteiger partial charge on any atom is 0.223 e. The van der Waals surface area contributed by atoms with Crippen LogP contribution in [0.25, 0.3) is 0 Å². The van der Waals surface area contributed by atoms with Crippen molar-refractivity contribution in [2.45, 2.75) is 25.9 Å². The normalized spacial score (nSPS) is 25.1. The predicted octanol–water partition coefficient (Wildman–Crippen LogP) is 0.811. The molecule has 0 spiro atoms. The van der Waals surface area contributed by atoms with Crippen LogP contribution in [0.15, 0.2) is 24.4 Å². The number of hydrogen-bond acceptors (Lipinski definition) is 3. The molecule has 4 heteroatoms. The Balaban J connectivity index is 2.08. The molecular formula is C12H16N2O2. The molecule has 2 heterocycles. The lowest BCUT2D eigenvalue weighted by Gasteiger charge is -2.23. The molecule has 86 valence electrons. The summed E-state index contributed by atoms with van der Waals surface area (Å²) in [6.45, 7) is 2.59. The summed E-state index contributed by atoms with van der Waals surface area (Å²) >= 11 is 0. The number of pyridine rings is 1. The molecule has 2 unspecified atom stereocenters. The number of carbonyl (C=O) groups is 1. The first-order valence-corrected chi connectivity index (χ1v) is 5.52.